The van der Waals surface area contributed by atoms with Gasteiger partial charge in [-0.2, -0.15) is 5.10 Å². The highest BCUT2D eigenvalue weighted by Crippen LogP contribution is 2.16. The summed E-state index contributed by atoms with van der Waals surface area (Å²) in [4.78, 5) is 12.4. The number of hydrogen-bond donors (Lipinski definition) is 1. The molecule has 6 heteroatoms. The van der Waals surface area contributed by atoms with Crippen LogP contribution in [-0.2, 0) is 4.74 Å². The molecule has 5 nitrogen and oxygen atoms in total. The number of hydrogen-bond acceptors (Lipinski definition) is 3. The van der Waals surface area contributed by atoms with Gasteiger partial charge >= 0.3 is 0 Å². The predicted octanol–water partition coefficient (Wildman–Crippen LogP) is 2.74. The van der Waals surface area contributed by atoms with Crippen LogP contribution in [0.3, 0.4) is 0 Å². The molecule has 1 aromatic heterocycles. The van der Waals surface area contributed by atoms with Crippen molar-refractivity contribution in [1.29, 1.82) is 0 Å². The molecule has 0 spiro atoms. The molecule has 0 bridgehead atoms. The van der Waals surface area contributed by atoms with Crippen molar-refractivity contribution in [2.75, 3.05) is 13.2 Å². The Morgan fingerprint density at radius 1 is 1.41 bits per heavy atom. The van der Waals surface area contributed by atoms with Gasteiger partial charge in [0.2, 0.25) is 0 Å². The van der Waals surface area contributed by atoms with E-state index in [1.807, 2.05) is 19.1 Å². The van der Waals surface area contributed by atoms with E-state index in [2.05, 4.69) is 10.4 Å². The van der Waals surface area contributed by atoms with Gasteiger partial charge in [-0.1, -0.05) is 11.6 Å². The van der Waals surface area contributed by atoms with Crippen LogP contribution in [0, 0.1) is 6.92 Å². The zero-order chi connectivity index (χ0) is 15.5. The molecule has 1 fully saturated rings. The molecule has 2 aromatic rings. The molecule has 1 atom stereocenters. The third-order valence-electron chi connectivity index (χ3n) is 3.73. The molecule has 1 saturated heterocycles. The maximum atomic E-state index is 12.4. The number of ether oxygens (including phenoxy) is 1. The number of nitrogens with zero attached hydrogens (tertiary/aromatic N) is 2. The Morgan fingerprint density at radius 3 is 2.86 bits per heavy atom. The number of nitrogens with one attached hydrogen (secondary N) is 1. The molecule has 3 rings (SSSR count). The predicted molar refractivity (Wildman–Crippen MR) is 84.6 cm³/mol. The normalized spacial score (nSPS) is 18.2. The zero-order valence-electron chi connectivity index (χ0n) is 12.4. The Bertz CT molecular complexity index is 661. The molecular weight excluding hydrogens is 302 g/mol. The summed E-state index contributed by atoms with van der Waals surface area (Å²) in [6, 6.07) is 7.41. The molecule has 1 N–H and O–H groups in total. The van der Waals surface area contributed by atoms with Crippen LogP contribution >= 0.6 is 11.6 Å². The Balaban J connectivity index is 1.76. The van der Waals surface area contributed by atoms with Crippen LogP contribution in [0.4, 0.5) is 0 Å². The second-order valence-electron chi connectivity index (χ2n) is 5.44. The lowest BCUT2D eigenvalue weighted by Crippen LogP contribution is -2.40. The van der Waals surface area contributed by atoms with Crippen molar-refractivity contribution in [2.45, 2.75) is 25.8 Å². The summed E-state index contributed by atoms with van der Waals surface area (Å²) in [7, 11) is 0. The molecule has 0 saturated carbocycles. The van der Waals surface area contributed by atoms with Gasteiger partial charge in [-0.3, -0.25) is 4.79 Å². The van der Waals surface area contributed by atoms with Crippen molar-refractivity contribution in [2.24, 2.45) is 0 Å². The smallest absolute Gasteiger partial charge is 0.255 e. The molecule has 1 aliphatic rings. The molecule has 0 radical (unpaired) electrons. The monoisotopic (exact) mass is 319 g/mol. The number of aromatic nitrogens is 2. The summed E-state index contributed by atoms with van der Waals surface area (Å²) in [6.07, 6.45) is 3.68. The van der Waals surface area contributed by atoms with Gasteiger partial charge in [0.05, 0.1) is 29.6 Å². The van der Waals surface area contributed by atoms with E-state index in [1.165, 1.54) is 0 Å². The average molecular weight is 320 g/mol. The number of benzene rings is 1. The number of carbonyl (C=O) groups excluding carboxylic acids is 1. The fourth-order valence-electron chi connectivity index (χ4n) is 2.53. The molecule has 1 aromatic carbocycles. The third kappa shape index (κ3) is 3.31. The number of carbonyl (C=O) groups is 1. The lowest BCUT2D eigenvalue weighted by molar-refractivity contribution is 0.0624. The van der Waals surface area contributed by atoms with Crippen LogP contribution in [0.15, 0.2) is 30.5 Å². The van der Waals surface area contributed by atoms with Gasteiger partial charge in [0.25, 0.3) is 5.91 Å². The highest BCUT2D eigenvalue weighted by atomic mass is 35.5. The summed E-state index contributed by atoms with van der Waals surface area (Å²) in [5.74, 6) is -0.104. The number of halogens is 1. The zero-order valence-corrected chi connectivity index (χ0v) is 13.1. The van der Waals surface area contributed by atoms with Crippen LogP contribution in [0.25, 0.3) is 5.69 Å². The van der Waals surface area contributed by atoms with Crippen molar-refractivity contribution < 1.29 is 9.53 Å². The van der Waals surface area contributed by atoms with Crippen LogP contribution < -0.4 is 5.32 Å². The van der Waals surface area contributed by atoms with E-state index in [-0.39, 0.29) is 11.9 Å². The third-order valence-corrected chi connectivity index (χ3v) is 3.98. The molecule has 116 valence electrons. The van der Waals surface area contributed by atoms with Crippen LogP contribution in [0.2, 0.25) is 5.02 Å². The standard InChI is InChI=1S/C16H18ClN3O2/c1-11-15(16(21)18-13-3-2-8-22-10-13)9-20(19-11)14-6-4-12(17)5-7-14/h4-7,9,13H,2-3,8,10H2,1H3,(H,18,21)/t13-/m0/s1. The minimum Gasteiger partial charge on any atom is -0.379 e. The van der Waals surface area contributed by atoms with Crippen molar-refractivity contribution in [3.05, 3.63) is 46.7 Å². The Kier molecular flexibility index (Phi) is 4.45. The number of rotatable bonds is 3. The number of aryl methyl sites for hydroxylation is 1. The molecule has 1 aliphatic heterocycles. The Morgan fingerprint density at radius 2 is 2.18 bits per heavy atom. The second kappa shape index (κ2) is 6.50. The topological polar surface area (TPSA) is 56.2 Å². The first-order valence-corrected chi connectivity index (χ1v) is 7.72. The quantitative estimate of drug-likeness (QED) is 0.946. The van der Waals surface area contributed by atoms with Crippen molar-refractivity contribution in [1.82, 2.24) is 15.1 Å². The molecular formula is C16H18ClN3O2. The lowest BCUT2D eigenvalue weighted by Gasteiger charge is -2.22. The molecule has 2 heterocycles. The minimum atomic E-state index is -0.104. The lowest BCUT2D eigenvalue weighted by atomic mass is 10.1. The first-order chi connectivity index (χ1) is 10.6. The maximum Gasteiger partial charge on any atom is 0.255 e. The fourth-order valence-corrected chi connectivity index (χ4v) is 2.65. The van der Waals surface area contributed by atoms with E-state index in [1.54, 1.807) is 23.0 Å². The largest absolute Gasteiger partial charge is 0.379 e. The van der Waals surface area contributed by atoms with E-state index in [0.717, 1.165) is 25.1 Å². The highest BCUT2D eigenvalue weighted by Gasteiger charge is 2.20. The molecule has 22 heavy (non-hydrogen) atoms. The Labute approximate surface area is 134 Å². The van der Waals surface area contributed by atoms with Gasteiger partial charge in [0, 0.05) is 17.8 Å². The van der Waals surface area contributed by atoms with Crippen molar-refractivity contribution in [3.63, 3.8) is 0 Å². The SMILES string of the molecule is Cc1nn(-c2ccc(Cl)cc2)cc1C(=O)N[C@H]1CCCOC1. The van der Waals surface area contributed by atoms with Gasteiger partial charge in [-0.25, -0.2) is 4.68 Å². The van der Waals surface area contributed by atoms with Crippen molar-refractivity contribution >= 4 is 17.5 Å². The average Bonchev–Trinajstić information content (AvgIpc) is 2.91. The number of amides is 1. The summed E-state index contributed by atoms with van der Waals surface area (Å²) < 4.78 is 7.08. The minimum absolute atomic E-state index is 0.0829. The van der Waals surface area contributed by atoms with Crippen LogP contribution in [-0.4, -0.2) is 34.9 Å². The van der Waals surface area contributed by atoms with Gasteiger partial charge < -0.3 is 10.1 Å². The summed E-state index contributed by atoms with van der Waals surface area (Å²) in [6.45, 7) is 3.19. The van der Waals surface area contributed by atoms with Gasteiger partial charge in [-0.15, -0.1) is 0 Å². The van der Waals surface area contributed by atoms with E-state index in [4.69, 9.17) is 16.3 Å². The van der Waals surface area contributed by atoms with E-state index in [9.17, 15) is 4.79 Å². The molecule has 0 aliphatic carbocycles. The first kappa shape index (κ1) is 15.1. The van der Waals surface area contributed by atoms with Crippen LogP contribution in [0.1, 0.15) is 28.9 Å². The summed E-state index contributed by atoms with van der Waals surface area (Å²) >= 11 is 5.89. The summed E-state index contributed by atoms with van der Waals surface area (Å²) in [5, 5.41) is 8.09. The molecule has 1 amide bonds. The van der Waals surface area contributed by atoms with Crippen molar-refractivity contribution in [3.8, 4) is 5.69 Å². The van der Waals surface area contributed by atoms with E-state index in [0.29, 0.717) is 22.9 Å². The fraction of sp³-hybridized carbons (Fsp3) is 0.375. The van der Waals surface area contributed by atoms with Gasteiger partial charge in [0.1, 0.15) is 0 Å². The van der Waals surface area contributed by atoms with Crippen LogP contribution in [0.5, 0.6) is 0 Å². The molecule has 0 unspecified atom stereocenters. The van der Waals surface area contributed by atoms with E-state index >= 15 is 0 Å². The first-order valence-electron chi connectivity index (χ1n) is 7.34. The van der Waals surface area contributed by atoms with Gasteiger partial charge in [0.15, 0.2) is 0 Å². The van der Waals surface area contributed by atoms with Gasteiger partial charge in [-0.05, 0) is 44.0 Å². The Hall–Kier alpha value is -1.85. The highest BCUT2D eigenvalue weighted by molar-refractivity contribution is 6.30. The summed E-state index contributed by atoms with van der Waals surface area (Å²) in [5.41, 5.74) is 2.15. The van der Waals surface area contributed by atoms with E-state index < -0.39 is 0 Å². The maximum absolute atomic E-state index is 12.4. The second-order valence-corrected chi connectivity index (χ2v) is 5.87.